The number of carbonyl (C=O) groups excluding carboxylic acids is 3. The van der Waals surface area contributed by atoms with E-state index in [0.717, 1.165) is 43.6 Å². The Kier molecular flexibility index (Phi) is 5.46. The maximum atomic E-state index is 13.0. The minimum Gasteiger partial charge on any atom is -0.341 e. The van der Waals surface area contributed by atoms with E-state index in [1.807, 2.05) is 24.3 Å². The Morgan fingerprint density at radius 2 is 1.72 bits per heavy atom. The van der Waals surface area contributed by atoms with Crippen molar-refractivity contribution in [1.29, 1.82) is 0 Å². The molecule has 0 atom stereocenters. The summed E-state index contributed by atoms with van der Waals surface area (Å²) < 4.78 is 0. The van der Waals surface area contributed by atoms with Crippen LogP contribution in [0.5, 0.6) is 0 Å². The number of hydrogen-bond acceptors (Lipinski definition) is 3. The average molecular weight is 392 g/mol. The van der Waals surface area contributed by atoms with Gasteiger partial charge in [-0.1, -0.05) is 24.3 Å². The molecule has 0 bridgehead atoms. The van der Waals surface area contributed by atoms with E-state index >= 15 is 0 Å². The van der Waals surface area contributed by atoms with Crippen molar-refractivity contribution in [3.8, 4) is 0 Å². The number of hydrogen-bond donors (Lipinski definition) is 2. The van der Waals surface area contributed by atoms with E-state index in [0.29, 0.717) is 17.8 Å². The lowest BCUT2D eigenvalue weighted by molar-refractivity contribution is -0.128. The number of rotatable bonds is 4. The summed E-state index contributed by atoms with van der Waals surface area (Å²) in [6.45, 7) is 2.13. The number of likely N-dealkylation sites (tertiary alicyclic amines) is 1. The van der Waals surface area contributed by atoms with Crippen LogP contribution in [0, 0.1) is 0 Å². The third kappa shape index (κ3) is 4.23. The van der Waals surface area contributed by atoms with Crippen LogP contribution in [0.15, 0.2) is 48.5 Å². The molecule has 2 aromatic carbocycles. The second kappa shape index (κ2) is 8.34. The van der Waals surface area contributed by atoms with E-state index in [2.05, 4.69) is 10.6 Å². The maximum absolute atomic E-state index is 13.0. The van der Waals surface area contributed by atoms with Crippen molar-refractivity contribution in [2.24, 2.45) is 0 Å². The summed E-state index contributed by atoms with van der Waals surface area (Å²) in [4.78, 5) is 40.7. The second-order valence-electron chi connectivity index (χ2n) is 7.31. The van der Waals surface area contributed by atoms with Crippen molar-refractivity contribution in [1.82, 2.24) is 10.2 Å². The van der Waals surface area contributed by atoms with Crippen molar-refractivity contribution < 1.29 is 14.4 Å². The molecule has 0 saturated carbocycles. The van der Waals surface area contributed by atoms with Gasteiger partial charge >= 0.3 is 6.03 Å². The van der Waals surface area contributed by atoms with Crippen LogP contribution in [-0.4, -0.2) is 48.9 Å². The van der Waals surface area contributed by atoms with E-state index in [9.17, 15) is 14.4 Å². The first-order valence-corrected chi connectivity index (χ1v) is 9.94. The SMILES string of the molecule is O=C(NCC(=O)N1CCCC1)Nc1cccc(C(=O)N2CCc3ccccc32)c1. The van der Waals surface area contributed by atoms with Crippen LogP contribution in [0.25, 0.3) is 0 Å². The molecular formula is C22H24N4O3. The number of para-hydroxylation sites is 1. The standard InChI is InChI=1S/C22H24N4O3/c27-20(25-11-3-4-12-25)15-23-22(29)24-18-8-5-7-17(14-18)21(28)26-13-10-16-6-1-2-9-19(16)26/h1-2,5-9,14H,3-4,10-13,15H2,(H2,23,24,29). The molecule has 7 nitrogen and oxygen atoms in total. The smallest absolute Gasteiger partial charge is 0.319 e. The minimum atomic E-state index is -0.464. The second-order valence-corrected chi connectivity index (χ2v) is 7.31. The molecule has 2 aliphatic rings. The van der Waals surface area contributed by atoms with Crippen LogP contribution in [-0.2, 0) is 11.2 Å². The first-order valence-electron chi connectivity index (χ1n) is 9.94. The number of nitrogens with one attached hydrogen (secondary N) is 2. The van der Waals surface area contributed by atoms with Gasteiger partial charge in [-0.25, -0.2) is 4.79 Å². The van der Waals surface area contributed by atoms with E-state index in [4.69, 9.17) is 0 Å². The van der Waals surface area contributed by atoms with Crippen molar-refractivity contribution >= 4 is 29.2 Å². The molecule has 4 rings (SSSR count). The van der Waals surface area contributed by atoms with Crippen molar-refractivity contribution in [2.75, 3.05) is 36.4 Å². The summed E-state index contributed by atoms with van der Waals surface area (Å²) in [7, 11) is 0. The monoisotopic (exact) mass is 392 g/mol. The highest BCUT2D eigenvalue weighted by atomic mass is 16.2. The van der Waals surface area contributed by atoms with Crippen LogP contribution < -0.4 is 15.5 Å². The molecule has 4 amide bonds. The number of amides is 4. The molecule has 2 aliphatic heterocycles. The zero-order valence-corrected chi connectivity index (χ0v) is 16.2. The van der Waals surface area contributed by atoms with Crippen molar-refractivity contribution in [3.63, 3.8) is 0 Å². The molecule has 1 fully saturated rings. The molecule has 0 spiro atoms. The van der Waals surface area contributed by atoms with Gasteiger partial charge in [-0.15, -0.1) is 0 Å². The number of benzene rings is 2. The Labute approximate surface area is 169 Å². The highest BCUT2D eigenvalue weighted by Gasteiger charge is 2.25. The normalized spacial score (nSPS) is 15.2. The predicted molar refractivity (Wildman–Crippen MR) is 111 cm³/mol. The van der Waals surface area contributed by atoms with Crippen LogP contribution in [0.3, 0.4) is 0 Å². The number of carbonyl (C=O) groups is 3. The van der Waals surface area contributed by atoms with Gasteiger partial charge in [0.25, 0.3) is 5.91 Å². The van der Waals surface area contributed by atoms with Crippen LogP contribution in [0.1, 0.15) is 28.8 Å². The van der Waals surface area contributed by atoms with Gasteiger partial charge < -0.3 is 20.4 Å². The Balaban J connectivity index is 1.36. The molecule has 0 aliphatic carbocycles. The lowest BCUT2D eigenvalue weighted by Gasteiger charge is -2.18. The van der Waals surface area contributed by atoms with Crippen LogP contribution in [0.4, 0.5) is 16.2 Å². The molecule has 7 heteroatoms. The zero-order valence-electron chi connectivity index (χ0n) is 16.2. The van der Waals surface area contributed by atoms with Gasteiger partial charge in [0, 0.05) is 36.6 Å². The molecular weight excluding hydrogens is 368 g/mol. The third-order valence-electron chi connectivity index (χ3n) is 5.36. The fraction of sp³-hybridized carbons (Fsp3) is 0.318. The highest BCUT2D eigenvalue weighted by molar-refractivity contribution is 6.08. The summed E-state index contributed by atoms with van der Waals surface area (Å²) in [6.07, 6.45) is 2.87. The molecule has 150 valence electrons. The third-order valence-corrected chi connectivity index (χ3v) is 5.36. The molecule has 29 heavy (non-hydrogen) atoms. The average Bonchev–Trinajstić information content (AvgIpc) is 3.42. The fourth-order valence-corrected chi connectivity index (χ4v) is 3.84. The maximum Gasteiger partial charge on any atom is 0.319 e. The molecule has 2 heterocycles. The van der Waals surface area contributed by atoms with Gasteiger partial charge in [0.1, 0.15) is 0 Å². The Morgan fingerprint density at radius 3 is 2.55 bits per heavy atom. The molecule has 0 unspecified atom stereocenters. The summed E-state index contributed by atoms with van der Waals surface area (Å²) in [5, 5.41) is 5.29. The minimum absolute atomic E-state index is 0.0327. The lowest BCUT2D eigenvalue weighted by atomic mass is 10.1. The Hall–Kier alpha value is -3.35. The summed E-state index contributed by atoms with van der Waals surface area (Å²) >= 11 is 0. The first kappa shape index (κ1) is 19.0. The topological polar surface area (TPSA) is 81.8 Å². The van der Waals surface area contributed by atoms with E-state index < -0.39 is 6.03 Å². The van der Waals surface area contributed by atoms with Gasteiger partial charge in [0.2, 0.25) is 5.91 Å². The molecule has 1 saturated heterocycles. The highest BCUT2D eigenvalue weighted by Crippen LogP contribution is 2.29. The lowest BCUT2D eigenvalue weighted by Crippen LogP contribution is -2.40. The summed E-state index contributed by atoms with van der Waals surface area (Å²) in [5.74, 6) is -0.169. The largest absolute Gasteiger partial charge is 0.341 e. The van der Waals surface area contributed by atoms with Crippen LogP contribution in [0.2, 0.25) is 0 Å². The molecule has 0 radical (unpaired) electrons. The van der Waals surface area contributed by atoms with Crippen LogP contribution >= 0.6 is 0 Å². The predicted octanol–water partition coefficient (Wildman–Crippen LogP) is 2.63. The zero-order chi connectivity index (χ0) is 20.2. The van der Waals surface area contributed by atoms with Gasteiger partial charge in [0.15, 0.2) is 0 Å². The van der Waals surface area contributed by atoms with Gasteiger partial charge in [-0.05, 0) is 49.1 Å². The van der Waals surface area contributed by atoms with E-state index in [1.165, 1.54) is 0 Å². The Bertz CT molecular complexity index is 937. The number of anilines is 2. The van der Waals surface area contributed by atoms with Crippen molar-refractivity contribution in [2.45, 2.75) is 19.3 Å². The molecule has 0 aromatic heterocycles. The van der Waals surface area contributed by atoms with E-state index in [1.54, 1.807) is 34.1 Å². The number of nitrogens with zero attached hydrogens (tertiary/aromatic N) is 2. The fourth-order valence-electron chi connectivity index (χ4n) is 3.84. The Morgan fingerprint density at radius 1 is 0.931 bits per heavy atom. The number of fused-ring (bicyclic) bond motifs is 1. The van der Waals surface area contributed by atoms with E-state index in [-0.39, 0.29) is 18.4 Å². The first-order chi connectivity index (χ1) is 14.1. The van der Waals surface area contributed by atoms with Crippen molar-refractivity contribution in [3.05, 3.63) is 59.7 Å². The summed E-state index contributed by atoms with van der Waals surface area (Å²) in [5.41, 5.74) is 3.12. The van der Waals surface area contributed by atoms with Gasteiger partial charge in [-0.3, -0.25) is 9.59 Å². The number of urea groups is 1. The van der Waals surface area contributed by atoms with Gasteiger partial charge in [0.05, 0.1) is 6.54 Å². The van der Waals surface area contributed by atoms with Gasteiger partial charge in [-0.2, -0.15) is 0 Å². The molecule has 2 N–H and O–H groups in total. The quantitative estimate of drug-likeness (QED) is 0.839. The summed E-state index contributed by atoms with van der Waals surface area (Å²) in [6, 6.07) is 14.3. The molecule has 2 aromatic rings.